The second kappa shape index (κ2) is 9.16. The van der Waals surface area contributed by atoms with Gasteiger partial charge in [0.25, 0.3) is 5.56 Å². The van der Waals surface area contributed by atoms with Crippen molar-refractivity contribution in [1.82, 2.24) is 9.55 Å². The van der Waals surface area contributed by atoms with E-state index in [4.69, 9.17) is 4.98 Å². The number of hydrogen-bond donors (Lipinski definition) is 0. The van der Waals surface area contributed by atoms with E-state index >= 15 is 0 Å². The van der Waals surface area contributed by atoms with Crippen molar-refractivity contribution in [3.8, 4) is 16.9 Å². The van der Waals surface area contributed by atoms with Crippen molar-refractivity contribution in [2.24, 2.45) is 0 Å². The second-order valence-electron chi connectivity index (χ2n) is 10.0. The van der Waals surface area contributed by atoms with Gasteiger partial charge in [-0.1, -0.05) is 97.8 Å². The Labute approximate surface area is 211 Å². The van der Waals surface area contributed by atoms with Crippen molar-refractivity contribution in [1.29, 1.82) is 0 Å². The van der Waals surface area contributed by atoms with Gasteiger partial charge in [-0.15, -0.1) is 0 Å². The van der Waals surface area contributed by atoms with Crippen LogP contribution in [0.1, 0.15) is 54.4 Å². The van der Waals surface area contributed by atoms with Crippen molar-refractivity contribution in [3.63, 3.8) is 0 Å². The minimum absolute atomic E-state index is 0.111. The number of benzene rings is 3. The monoisotopic (exact) mass is 478 g/mol. The minimum atomic E-state index is -0.111. The lowest BCUT2D eigenvalue weighted by molar-refractivity contribution is 0.283. The fourth-order valence-electron chi connectivity index (χ4n) is 6.00. The average Bonchev–Trinajstić information content (AvgIpc) is 2.88. The third-order valence-corrected chi connectivity index (χ3v) is 8.68. The van der Waals surface area contributed by atoms with E-state index in [2.05, 4.69) is 67.6 Å². The van der Waals surface area contributed by atoms with Crippen molar-refractivity contribution >= 4 is 11.8 Å². The molecule has 0 saturated heterocycles. The van der Waals surface area contributed by atoms with Crippen LogP contribution in [-0.4, -0.2) is 9.55 Å². The molecule has 2 aliphatic carbocycles. The van der Waals surface area contributed by atoms with Gasteiger partial charge < -0.3 is 0 Å². The molecule has 0 bridgehead atoms. The van der Waals surface area contributed by atoms with Crippen LogP contribution in [0.25, 0.3) is 16.9 Å². The van der Waals surface area contributed by atoms with E-state index in [1.807, 2.05) is 22.8 Å². The van der Waals surface area contributed by atoms with Gasteiger partial charge in [0.05, 0.1) is 16.9 Å². The Morgan fingerprint density at radius 2 is 1.69 bits per heavy atom. The Morgan fingerprint density at radius 3 is 2.49 bits per heavy atom. The fraction of sp³-hybridized carbons (Fsp3) is 0.290. The number of fused-ring (bicyclic) bond motifs is 4. The van der Waals surface area contributed by atoms with Crippen LogP contribution in [0.15, 0.2) is 88.8 Å². The summed E-state index contributed by atoms with van der Waals surface area (Å²) < 4.78 is 1.89. The SMILES string of the molecule is Cc1cccc(-n2c(SCc3ccccc3)nc3c(c2=O)C2(CCCCC2)Cc2ccccc2-3)c1. The van der Waals surface area contributed by atoms with Gasteiger partial charge in [0.2, 0.25) is 0 Å². The molecule has 1 saturated carbocycles. The lowest BCUT2D eigenvalue weighted by atomic mass is 9.62. The third kappa shape index (κ3) is 4.04. The molecule has 0 amide bonds. The highest BCUT2D eigenvalue weighted by atomic mass is 32.2. The molecular weight excluding hydrogens is 448 g/mol. The van der Waals surface area contributed by atoms with Gasteiger partial charge in [-0.2, -0.15) is 0 Å². The van der Waals surface area contributed by atoms with Gasteiger partial charge in [-0.05, 0) is 55.0 Å². The molecule has 0 aliphatic heterocycles. The zero-order chi connectivity index (χ0) is 23.8. The van der Waals surface area contributed by atoms with Crippen molar-refractivity contribution in [3.05, 3.63) is 111 Å². The normalized spacial score (nSPS) is 16.0. The van der Waals surface area contributed by atoms with E-state index in [1.54, 1.807) is 11.8 Å². The van der Waals surface area contributed by atoms with E-state index in [0.717, 1.165) is 58.2 Å². The first kappa shape index (κ1) is 22.4. The highest BCUT2D eigenvalue weighted by molar-refractivity contribution is 7.98. The molecule has 1 spiro atoms. The smallest absolute Gasteiger partial charge is 0.263 e. The largest absolute Gasteiger partial charge is 0.268 e. The first-order valence-corrected chi connectivity index (χ1v) is 13.6. The van der Waals surface area contributed by atoms with Crippen LogP contribution in [0.3, 0.4) is 0 Å². The maximum atomic E-state index is 14.6. The molecule has 176 valence electrons. The molecule has 4 heteroatoms. The molecule has 0 unspecified atom stereocenters. The van der Waals surface area contributed by atoms with Crippen molar-refractivity contribution in [2.45, 2.75) is 61.8 Å². The van der Waals surface area contributed by atoms with E-state index < -0.39 is 0 Å². The summed E-state index contributed by atoms with van der Waals surface area (Å²) in [6.07, 6.45) is 6.68. The molecule has 2 aliphatic rings. The van der Waals surface area contributed by atoms with Crippen LogP contribution in [0, 0.1) is 6.92 Å². The predicted octanol–water partition coefficient (Wildman–Crippen LogP) is 7.26. The Kier molecular flexibility index (Phi) is 5.85. The lowest BCUT2D eigenvalue weighted by Crippen LogP contribution is -2.42. The topological polar surface area (TPSA) is 34.9 Å². The lowest BCUT2D eigenvalue weighted by Gasteiger charge is -2.42. The summed E-state index contributed by atoms with van der Waals surface area (Å²) in [6.45, 7) is 2.08. The zero-order valence-corrected chi connectivity index (χ0v) is 21.0. The Hall–Kier alpha value is -3.11. The van der Waals surface area contributed by atoms with Crippen LogP contribution in [0.4, 0.5) is 0 Å². The molecule has 0 N–H and O–H groups in total. The van der Waals surface area contributed by atoms with E-state index in [1.165, 1.54) is 30.4 Å². The highest BCUT2D eigenvalue weighted by Gasteiger charge is 2.43. The summed E-state index contributed by atoms with van der Waals surface area (Å²) in [5.41, 5.74) is 7.61. The number of aryl methyl sites for hydroxylation is 1. The summed E-state index contributed by atoms with van der Waals surface area (Å²) in [5.74, 6) is 0.769. The average molecular weight is 479 g/mol. The zero-order valence-electron chi connectivity index (χ0n) is 20.2. The predicted molar refractivity (Wildman–Crippen MR) is 144 cm³/mol. The van der Waals surface area contributed by atoms with E-state index in [0.29, 0.717) is 0 Å². The fourth-order valence-corrected chi connectivity index (χ4v) is 6.96. The van der Waals surface area contributed by atoms with Crippen LogP contribution in [-0.2, 0) is 17.6 Å². The highest BCUT2D eigenvalue weighted by Crippen LogP contribution is 2.49. The molecule has 1 heterocycles. The van der Waals surface area contributed by atoms with Crippen LogP contribution in [0.2, 0.25) is 0 Å². The number of aromatic nitrogens is 2. The molecule has 0 atom stereocenters. The first-order valence-electron chi connectivity index (χ1n) is 12.6. The summed E-state index contributed by atoms with van der Waals surface area (Å²) in [5, 5.41) is 0.769. The maximum absolute atomic E-state index is 14.6. The van der Waals surface area contributed by atoms with Gasteiger partial charge in [0, 0.05) is 16.7 Å². The summed E-state index contributed by atoms with van der Waals surface area (Å²) in [4.78, 5) is 19.9. The third-order valence-electron chi connectivity index (χ3n) is 7.67. The van der Waals surface area contributed by atoms with E-state index in [9.17, 15) is 4.79 Å². The van der Waals surface area contributed by atoms with Gasteiger partial charge in [0.1, 0.15) is 0 Å². The van der Waals surface area contributed by atoms with Crippen LogP contribution < -0.4 is 5.56 Å². The standard InChI is InChI=1S/C31H30N2OS/c1-22-11-10-15-25(19-22)33-29(34)27-28(32-30(33)35-21-23-12-4-2-5-13-23)26-16-7-6-14-24(26)20-31(27)17-8-3-9-18-31/h2,4-7,10-16,19H,3,8-9,17-18,20-21H2,1H3. The number of rotatable bonds is 4. The summed E-state index contributed by atoms with van der Waals surface area (Å²) in [6, 6.07) is 27.3. The van der Waals surface area contributed by atoms with Crippen molar-refractivity contribution in [2.75, 3.05) is 0 Å². The molecule has 0 radical (unpaired) electrons. The first-order chi connectivity index (χ1) is 17.1. The maximum Gasteiger partial charge on any atom is 0.263 e. The molecule has 1 fully saturated rings. The Morgan fingerprint density at radius 1 is 0.914 bits per heavy atom. The van der Waals surface area contributed by atoms with Crippen LogP contribution >= 0.6 is 11.8 Å². The quantitative estimate of drug-likeness (QED) is 0.229. The molecule has 3 nitrogen and oxygen atoms in total. The molecule has 6 rings (SSSR count). The summed E-state index contributed by atoms with van der Waals surface area (Å²) >= 11 is 1.65. The second-order valence-corrected chi connectivity index (χ2v) is 11.0. The molecule has 1 aromatic heterocycles. The molecular formula is C31H30N2OS. The minimum Gasteiger partial charge on any atom is -0.268 e. The Bertz CT molecular complexity index is 1430. The molecule has 3 aromatic carbocycles. The van der Waals surface area contributed by atoms with Gasteiger partial charge >= 0.3 is 0 Å². The van der Waals surface area contributed by atoms with Crippen molar-refractivity contribution < 1.29 is 0 Å². The van der Waals surface area contributed by atoms with Gasteiger partial charge in [-0.25, -0.2) is 4.98 Å². The van der Waals surface area contributed by atoms with E-state index in [-0.39, 0.29) is 11.0 Å². The van der Waals surface area contributed by atoms with Crippen LogP contribution in [0.5, 0.6) is 0 Å². The summed E-state index contributed by atoms with van der Waals surface area (Å²) in [7, 11) is 0. The molecule has 35 heavy (non-hydrogen) atoms. The van der Waals surface area contributed by atoms with Gasteiger partial charge in [-0.3, -0.25) is 9.36 Å². The molecule has 4 aromatic rings. The number of thioether (sulfide) groups is 1. The Balaban J connectivity index is 1.60. The number of hydrogen-bond acceptors (Lipinski definition) is 3. The van der Waals surface area contributed by atoms with Gasteiger partial charge in [0.15, 0.2) is 5.16 Å². The number of nitrogens with zero attached hydrogens (tertiary/aromatic N) is 2.